The van der Waals surface area contributed by atoms with Crippen LogP contribution in [0.5, 0.6) is 0 Å². The summed E-state index contributed by atoms with van der Waals surface area (Å²) in [5.41, 5.74) is -0.0390. The number of aromatic nitrogens is 2. The zero-order chi connectivity index (χ0) is 23.5. The standard InChI is InChI=1S/C17H18F3N5O6S/c1-2-30-16(27)24-7-9-25(10-8-24)32(28,29)12-5-3-11(4-6-12)13(26)21-15-23-22-14(31-15)17(18,19)20/h3-6H,2,7-10H2,1H3,(H,21,23,26). The van der Waals surface area contributed by atoms with Crippen molar-refractivity contribution in [2.24, 2.45) is 0 Å². The molecule has 2 aromatic rings. The number of carbonyl (C=O) groups is 2. The van der Waals surface area contributed by atoms with E-state index in [0.29, 0.717) is 0 Å². The lowest BCUT2D eigenvalue weighted by atomic mass is 10.2. The molecule has 0 radical (unpaired) electrons. The van der Waals surface area contributed by atoms with Gasteiger partial charge < -0.3 is 14.1 Å². The summed E-state index contributed by atoms with van der Waals surface area (Å²) in [5, 5.41) is 7.88. The molecule has 0 unspecified atom stereocenters. The Morgan fingerprint density at radius 1 is 1.12 bits per heavy atom. The van der Waals surface area contributed by atoms with Crippen LogP contribution in [0.15, 0.2) is 33.6 Å². The number of carbonyl (C=O) groups excluding carboxylic acids is 2. The van der Waals surface area contributed by atoms with Crippen molar-refractivity contribution in [1.82, 2.24) is 19.4 Å². The molecule has 1 aliphatic rings. The van der Waals surface area contributed by atoms with Crippen LogP contribution in [0.4, 0.5) is 24.0 Å². The molecule has 32 heavy (non-hydrogen) atoms. The molecule has 2 heterocycles. The number of ether oxygens (including phenoxy) is 1. The number of anilines is 1. The minimum absolute atomic E-state index is 0.0390. The fourth-order valence-corrected chi connectivity index (χ4v) is 4.23. The number of amides is 2. The number of benzene rings is 1. The van der Waals surface area contributed by atoms with Crippen molar-refractivity contribution in [3.05, 3.63) is 35.7 Å². The molecule has 1 saturated heterocycles. The molecule has 1 N–H and O–H groups in total. The van der Waals surface area contributed by atoms with E-state index in [1.165, 1.54) is 33.5 Å². The first-order chi connectivity index (χ1) is 15.0. The third kappa shape index (κ3) is 5.16. The normalized spacial score (nSPS) is 15.4. The quantitative estimate of drug-likeness (QED) is 0.689. The summed E-state index contributed by atoms with van der Waals surface area (Å²) in [6.45, 7) is 2.37. The van der Waals surface area contributed by atoms with Gasteiger partial charge in [-0.05, 0) is 31.2 Å². The van der Waals surface area contributed by atoms with E-state index in [4.69, 9.17) is 4.74 Å². The first kappa shape index (κ1) is 23.5. The molecular formula is C17H18F3N5O6S. The van der Waals surface area contributed by atoms with E-state index in [1.807, 2.05) is 5.32 Å². The summed E-state index contributed by atoms with van der Waals surface area (Å²) in [6.07, 6.45) is -5.36. The van der Waals surface area contributed by atoms with Crippen molar-refractivity contribution in [3.63, 3.8) is 0 Å². The van der Waals surface area contributed by atoms with Crippen LogP contribution in [-0.2, 0) is 20.9 Å². The van der Waals surface area contributed by atoms with Gasteiger partial charge in [0.05, 0.1) is 11.5 Å². The van der Waals surface area contributed by atoms with Crippen LogP contribution in [0, 0.1) is 0 Å². The van der Waals surface area contributed by atoms with Crippen LogP contribution in [0.2, 0.25) is 0 Å². The maximum atomic E-state index is 12.8. The van der Waals surface area contributed by atoms with Gasteiger partial charge in [0.1, 0.15) is 0 Å². The van der Waals surface area contributed by atoms with E-state index in [2.05, 4.69) is 14.6 Å². The maximum Gasteiger partial charge on any atom is 0.470 e. The Balaban J connectivity index is 1.64. The number of piperazine rings is 1. The highest BCUT2D eigenvalue weighted by Crippen LogP contribution is 2.28. The summed E-state index contributed by atoms with van der Waals surface area (Å²) < 4.78 is 73.4. The number of rotatable bonds is 5. The van der Waals surface area contributed by atoms with Gasteiger partial charge in [-0.25, -0.2) is 13.2 Å². The molecule has 1 fully saturated rings. The Morgan fingerprint density at radius 2 is 1.75 bits per heavy atom. The number of alkyl halides is 3. The average molecular weight is 477 g/mol. The van der Waals surface area contributed by atoms with Crippen molar-refractivity contribution >= 4 is 28.0 Å². The van der Waals surface area contributed by atoms with Crippen molar-refractivity contribution in [2.45, 2.75) is 18.0 Å². The number of halogens is 3. The molecule has 15 heteroatoms. The molecule has 174 valence electrons. The highest BCUT2D eigenvalue weighted by atomic mass is 32.2. The lowest BCUT2D eigenvalue weighted by Crippen LogP contribution is -2.50. The summed E-state index contributed by atoms with van der Waals surface area (Å²) >= 11 is 0. The molecule has 0 atom stereocenters. The zero-order valence-corrected chi connectivity index (χ0v) is 17.4. The topological polar surface area (TPSA) is 135 Å². The molecule has 1 aromatic carbocycles. The van der Waals surface area contributed by atoms with Gasteiger partial charge in [0.15, 0.2) is 0 Å². The molecule has 0 aliphatic carbocycles. The minimum atomic E-state index is -4.85. The fourth-order valence-electron chi connectivity index (χ4n) is 2.81. The molecule has 0 bridgehead atoms. The number of nitrogens with zero attached hydrogens (tertiary/aromatic N) is 4. The van der Waals surface area contributed by atoms with Gasteiger partial charge in [-0.3, -0.25) is 10.1 Å². The first-order valence-electron chi connectivity index (χ1n) is 9.26. The van der Waals surface area contributed by atoms with Gasteiger partial charge in [0, 0.05) is 31.7 Å². The molecular weight excluding hydrogens is 459 g/mol. The molecule has 2 amide bonds. The minimum Gasteiger partial charge on any atom is -0.450 e. The second kappa shape index (κ2) is 9.12. The summed E-state index contributed by atoms with van der Waals surface area (Å²) in [5.74, 6) is -2.48. The number of hydrogen-bond donors (Lipinski definition) is 1. The number of sulfonamides is 1. The summed E-state index contributed by atoms with van der Waals surface area (Å²) in [4.78, 5) is 25.2. The highest BCUT2D eigenvalue weighted by Gasteiger charge is 2.38. The van der Waals surface area contributed by atoms with E-state index in [-0.39, 0.29) is 43.2 Å². The predicted molar refractivity (Wildman–Crippen MR) is 101 cm³/mol. The summed E-state index contributed by atoms with van der Waals surface area (Å²) in [6, 6.07) is 4.02. The highest BCUT2D eigenvalue weighted by molar-refractivity contribution is 7.89. The second-order valence-electron chi connectivity index (χ2n) is 6.48. The van der Waals surface area contributed by atoms with E-state index in [1.54, 1.807) is 6.92 Å². The number of hydrogen-bond acceptors (Lipinski definition) is 8. The smallest absolute Gasteiger partial charge is 0.450 e. The van der Waals surface area contributed by atoms with E-state index in [0.717, 1.165) is 0 Å². The second-order valence-corrected chi connectivity index (χ2v) is 8.42. The number of nitrogens with one attached hydrogen (secondary N) is 1. The van der Waals surface area contributed by atoms with Gasteiger partial charge in [-0.1, -0.05) is 5.10 Å². The van der Waals surface area contributed by atoms with Crippen LogP contribution in [-0.4, -0.2) is 72.6 Å². The van der Waals surface area contributed by atoms with Crippen LogP contribution < -0.4 is 5.32 Å². The average Bonchev–Trinajstić information content (AvgIpc) is 3.23. The van der Waals surface area contributed by atoms with Gasteiger partial charge in [-0.2, -0.15) is 17.5 Å². The van der Waals surface area contributed by atoms with Crippen LogP contribution >= 0.6 is 0 Å². The largest absolute Gasteiger partial charge is 0.470 e. The van der Waals surface area contributed by atoms with E-state index >= 15 is 0 Å². The predicted octanol–water partition coefficient (Wildman–Crippen LogP) is 1.80. The van der Waals surface area contributed by atoms with Gasteiger partial charge in [-0.15, -0.1) is 5.10 Å². The van der Waals surface area contributed by atoms with Crippen LogP contribution in [0.25, 0.3) is 0 Å². The van der Waals surface area contributed by atoms with Gasteiger partial charge in [0.2, 0.25) is 10.0 Å². The molecule has 3 rings (SSSR count). The molecule has 11 nitrogen and oxygen atoms in total. The Hall–Kier alpha value is -3.20. The maximum absolute atomic E-state index is 12.8. The van der Waals surface area contributed by atoms with E-state index in [9.17, 15) is 31.2 Å². The molecule has 0 saturated carbocycles. The zero-order valence-electron chi connectivity index (χ0n) is 16.6. The molecule has 1 aromatic heterocycles. The Bertz CT molecular complexity index is 1080. The lowest BCUT2D eigenvalue weighted by molar-refractivity contribution is -0.156. The first-order valence-corrected chi connectivity index (χ1v) is 10.7. The Labute approximate surface area is 180 Å². The van der Waals surface area contributed by atoms with Crippen molar-refractivity contribution in [3.8, 4) is 0 Å². The van der Waals surface area contributed by atoms with Crippen molar-refractivity contribution < 1.29 is 40.3 Å². The Morgan fingerprint density at radius 3 is 2.28 bits per heavy atom. The third-order valence-electron chi connectivity index (χ3n) is 4.41. The Kier molecular flexibility index (Phi) is 6.68. The lowest BCUT2D eigenvalue weighted by Gasteiger charge is -2.33. The summed E-state index contributed by atoms with van der Waals surface area (Å²) in [7, 11) is -3.88. The monoisotopic (exact) mass is 477 g/mol. The van der Waals surface area contributed by atoms with Crippen LogP contribution in [0.3, 0.4) is 0 Å². The van der Waals surface area contributed by atoms with E-state index < -0.39 is 40.1 Å². The van der Waals surface area contributed by atoms with Gasteiger partial charge in [0.25, 0.3) is 5.91 Å². The van der Waals surface area contributed by atoms with Crippen molar-refractivity contribution in [2.75, 3.05) is 38.1 Å². The van der Waals surface area contributed by atoms with Crippen molar-refractivity contribution in [1.29, 1.82) is 0 Å². The third-order valence-corrected chi connectivity index (χ3v) is 6.32. The van der Waals surface area contributed by atoms with Crippen LogP contribution in [0.1, 0.15) is 23.2 Å². The van der Waals surface area contributed by atoms with Gasteiger partial charge >= 0.3 is 24.2 Å². The fraction of sp³-hybridized carbons (Fsp3) is 0.412. The SMILES string of the molecule is CCOC(=O)N1CCN(S(=O)(=O)c2ccc(C(=O)Nc3nnc(C(F)(F)F)o3)cc2)CC1. The molecule has 1 aliphatic heterocycles. The molecule has 0 spiro atoms.